The second kappa shape index (κ2) is 6.67. The van der Waals surface area contributed by atoms with Gasteiger partial charge in [-0.25, -0.2) is 13.4 Å². The molecule has 1 heterocycles. The van der Waals surface area contributed by atoms with Crippen molar-refractivity contribution in [2.75, 3.05) is 18.8 Å². The van der Waals surface area contributed by atoms with E-state index in [-0.39, 0.29) is 4.21 Å². The van der Waals surface area contributed by atoms with Crippen molar-refractivity contribution in [2.24, 2.45) is 5.92 Å². The fourth-order valence-corrected chi connectivity index (χ4v) is 4.95. The number of rotatable bonds is 7. The van der Waals surface area contributed by atoms with E-state index in [1.165, 1.54) is 4.31 Å². The van der Waals surface area contributed by atoms with Gasteiger partial charge in [0.25, 0.3) is 10.0 Å². The van der Waals surface area contributed by atoms with Crippen LogP contribution in [-0.2, 0) is 10.0 Å². The first-order valence-electron chi connectivity index (χ1n) is 6.59. The maximum absolute atomic E-state index is 12.6. The number of nitrogens with zero attached hydrogens (tertiary/aromatic N) is 2. The second-order valence-electron chi connectivity index (χ2n) is 4.56. The molecular formula is C12H23N3O2S2. The first-order valence-corrected chi connectivity index (χ1v) is 8.85. The van der Waals surface area contributed by atoms with Gasteiger partial charge in [-0.1, -0.05) is 44.9 Å². The molecule has 0 bridgehead atoms. The van der Waals surface area contributed by atoms with Crippen molar-refractivity contribution in [1.82, 2.24) is 9.29 Å². The Bertz CT molecular complexity index is 507. The zero-order chi connectivity index (χ0) is 14.6. The van der Waals surface area contributed by atoms with E-state index in [4.69, 9.17) is 5.73 Å². The highest BCUT2D eigenvalue weighted by molar-refractivity contribution is 7.91. The van der Waals surface area contributed by atoms with Gasteiger partial charge in [-0.15, -0.1) is 0 Å². The molecule has 0 saturated heterocycles. The standard InChI is InChI=1S/C12H23N3O2S2/c1-5-10(6-2)8-15(7-3)19(16,17)11-9(4)14-12(13)18-11/h10H,5-8H2,1-4H3,(H2,13,14). The van der Waals surface area contributed by atoms with Gasteiger partial charge >= 0.3 is 0 Å². The molecule has 0 spiro atoms. The van der Waals surface area contributed by atoms with E-state index in [0.717, 1.165) is 24.2 Å². The van der Waals surface area contributed by atoms with Gasteiger partial charge in [0.15, 0.2) is 9.34 Å². The monoisotopic (exact) mass is 305 g/mol. The van der Waals surface area contributed by atoms with Crippen LogP contribution in [0.4, 0.5) is 5.13 Å². The Hall–Kier alpha value is -0.660. The van der Waals surface area contributed by atoms with Crippen LogP contribution in [0, 0.1) is 12.8 Å². The molecule has 1 aromatic heterocycles. The summed E-state index contributed by atoms with van der Waals surface area (Å²) in [6.45, 7) is 8.75. The minimum atomic E-state index is -3.47. The highest BCUT2D eigenvalue weighted by Crippen LogP contribution is 2.28. The summed E-state index contributed by atoms with van der Waals surface area (Å²) in [6, 6.07) is 0. The zero-order valence-electron chi connectivity index (χ0n) is 12.0. The van der Waals surface area contributed by atoms with Crippen molar-refractivity contribution in [3.05, 3.63) is 5.69 Å². The number of hydrogen-bond acceptors (Lipinski definition) is 5. The molecule has 0 aliphatic rings. The summed E-state index contributed by atoms with van der Waals surface area (Å²) >= 11 is 1.04. The van der Waals surface area contributed by atoms with E-state index < -0.39 is 10.0 Å². The number of thiazole rings is 1. The number of aryl methyl sites for hydroxylation is 1. The Morgan fingerprint density at radius 1 is 1.32 bits per heavy atom. The quantitative estimate of drug-likeness (QED) is 0.839. The average Bonchev–Trinajstić information content (AvgIpc) is 2.70. The van der Waals surface area contributed by atoms with E-state index in [9.17, 15) is 8.42 Å². The van der Waals surface area contributed by atoms with E-state index in [0.29, 0.717) is 29.8 Å². The van der Waals surface area contributed by atoms with Gasteiger partial charge < -0.3 is 5.73 Å². The normalized spacial score (nSPS) is 12.5. The Kier molecular flexibility index (Phi) is 5.76. The van der Waals surface area contributed by atoms with Crippen LogP contribution in [0.5, 0.6) is 0 Å². The highest BCUT2D eigenvalue weighted by atomic mass is 32.2. The minimum Gasteiger partial charge on any atom is -0.375 e. The topological polar surface area (TPSA) is 76.3 Å². The predicted molar refractivity (Wildman–Crippen MR) is 79.8 cm³/mol. The molecule has 0 atom stereocenters. The van der Waals surface area contributed by atoms with Crippen LogP contribution in [0.3, 0.4) is 0 Å². The predicted octanol–water partition coefficient (Wildman–Crippen LogP) is 2.48. The summed E-state index contributed by atoms with van der Waals surface area (Å²) in [5.41, 5.74) is 6.09. The van der Waals surface area contributed by atoms with E-state index in [1.54, 1.807) is 6.92 Å². The molecule has 0 radical (unpaired) electrons. The zero-order valence-corrected chi connectivity index (χ0v) is 13.6. The molecule has 0 fully saturated rings. The molecule has 7 heteroatoms. The average molecular weight is 305 g/mol. The third-order valence-electron chi connectivity index (χ3n) is 3.31. The van der Waals surface area contributed by atoms with Gasteiger partial charge in [-0.3, -0.25) is 0 Å². The third-order valence-corrected chi connectivity index (χ3v) is 6.83. The molecule has 0 aromatic carbocycles. The van der Waals surface area contributed by atoms with Crippen LogP contribution in [-0.4, -0.2) is 30.8 Å². The summed E-state index contributed by atoms with van der Waals surface area (Å²) in [5.74, 6) is 0.389. The van der Waals surface area contributed by atoms with E-state index in [1.807, 2.05) is 6.92 Å². The van der Waals surface area contributed by atoms with Crippen LogP contribution in [0.2, 0.25) is 0 Å². The number of hydrogen-bond donors (Lipinski definition) is 1. The lowest BCUT2D eigenvalue weighted by Gasteiger charge is -2.24. The van der Waals surface area contributed by atoms with Crippen molar-refractivity contribution in [1.29, 1.82) is 0 Å². The Balaban J connectivity index is 3.05. The molecule has 0 unspecified atom stereocenters. The molecule has 0 saturated carbocycles. The summed E-state index contributed by atoms with van der Waals surface area (Å²) < 4.78 is 27.0. The van der Waals surface area contributed by atoms with Gasteiger partial charge in [0.1, 0.15) is 0 Å². The van der Waals surface area contributed by atoms with Gasteiger partial charge in [0, 0.05) is 13.1 Å². The SMILES string of the molecule is CCC(CC)CN(CC)S(=O)(=O)c1sc(N)nc1C. The minimum absolute atomic E-state index is 0.276. The Morgan fingerprint density at radius 3 is 2.26 bits per heavy atom. The number of nitrogens with two attached hydrogens (primary N) is 1. The molecule has 1 aromatic rings. The molecule has 110 valence electrons. The summed E-state index contributed by atoms with van der Waals surface area (Å²) in [6.07, 6.45) is 1.96. The fourth-order valence-electron chi connectivity index (χ4n) is 1.99. The van der Waals surface area contributed by atoms with Gasteiger partial charge in [-0.2, -0.15) is 4.31 Å². The largest absolute Gasteiger partial charge is 0.375 e. The molecule has 5 nitrogen and oxygen atoms in total. The molecule has 0 aliphatic carbocycles. The first kappa shape index (κ1) is 16.4. The molecular weight excluding hydrogens is 282 g/mol. The first-order chi connectivity index (χ1) is 8.86. The summed E-state index contributed by atoms with van der Waals surface area (Å²) in [7, 11) is -3.47. The smallest absolute Gasteiger partial charge is 0.254 e. The maximum Gasteiger partial charge on any atom is 0.254 e. The molecule has 0 aliphatic heterocycles. The maximum atomic E-state index is 12.6. The lowest BCUT2D eigenvalue weighted by Crippen LogP contribution is -2.35. The number of anilines is 1. The van der Waals surface area contributed by atoms with Crippen LogP contribution >= 0.6 is 11.3 Å². The number of nitrogen functional groups attached to an aromatic ring is 1. The van der Waals surface area contributed by atoms with Crippen LogP contribution in [0.25, 0.3) is 0 Å². The Labute approximate surface area is 119 Å². The Morgan fingerprint density at radius 2 is 1.89 bits per heavy atom. The van der Waals surface area contributed by atoms with Crippen molar-refractivity contribution in [2.45, 2.75) is 44.7 Å². The van der Waals surface area contributed by atoms with Gasteiger partial charge in [0.05, 0.1) is 5.69 Å². The van der Waals surface area contributed by atoms with Gasteiger partial charge in [0.2, 0.25) is 0 Å². The van der Waals surface area contributed by atoms with E-state index >= 15 is 0 Å². The third kappa shape index (κ3) is 3.67. The summed E-state index contributed by atoms with van der Waals surface area (Å²) in [5, 5.41) is 0.301. The molecule has 19 heavy (non-hydrogen) atoms. The van der Waals surface area contributed by atoms with Crippen LogP contribution in [0.15, 0.2) is 4.21 Å². The van der Waals surface area contributed by atoms with E-state index in [2.05, 4.69) is 18.8 Å². The van der Waals surface area contributed by atoms with Crippen molar-refractivity contribution in [3.8, 4) is 0 Å². The number of aromatic nitrogens is 1. The number of sulfonamides is 1. The van der Waals surface area contributed by atoms with Crippen molar-refractivity contribution < 1.29 is 8.42 Å². The fraction of sp³-hybridized carbons (Fsp3) is 0.750. The molecule has 0 amide bonds. The summed E-state index contributed by atoms with van der Waals surface area (Å²) in [4.78, 5) is 4.00. The molecule has 2 N–H and O–H groups in total. The van der Waals surface area contributed by atoms with Crippen LogP contribution < -0.4 is 5.73 Å². The highest BCUT2D eigenvalue weighted by Gasteiger charge is 2.29. The van der Waals surface area contributed by atoms with Gasteiger partial charge in [-0.05, 0) is 12.8 Å². The molecule has 1 rings (SSSR count). The second-order valence-corrected chi connectivity index (χ2v) is 7.73. The lowest BCUT2D eigenvalue weighted by molar-refractivity contribution is 0.339. The lowest BCUT2D eigenvalue weighted by atomic mass is 10.0. The van der Waals surface area contributed by atoms with Crippen LogP contribution in [0.1, 0.15) is 39.3 Å². The van der Waals surface area contributed by atoms with Crippen molar-refractivity contribution in [3.63, 3.8) is 0 Å². The van der Waals surface area contributed by atoms with Crippen molar-refractivity contribution >= 4 is 26.5 Å².